The minimum absolute atomic E-state index is 0.102. The fourth-order valence-corrected chi connectivity index (χ4v) is 2.20. The Balaban J connectivity index is 2.11. The summed E-state index contributed by atoms with van der Waals surface area (Å²) in [6.07, 6.45) is 0.736. The van der Waals surface area contributed by atoms with Gasteiger partial charge in [-0.1, -0.05) is 18.2 Å². The zero-order chi connectivity index (χ0) is 14.0. The summed E-state index contributed by atoms with van der Waals surface area (Å²) in [5.74, 6) is 0.878. The Morgan fingerprint density at radius 2 is 2.16 bits per heavy atom. The lowest BCUT2D eigenvalue weighted by Crippen LogP contribution is -2.53. The van der Waals surface area contributed by atoms with Gasteiger partial charge >= 0.3 is 0 Å². The summed E-state index contributed by atoms with van der Waals surface area (Å²) >= 11 is 0. The van der Waals surface area contributed by atoms with Gasteiger partial charge in [0.25, 0.3) is 0 Å². The third-order valence-corrected chi connectivity index (χ3v) is 3.97. The van der Waals surface area contributed by atoms with Gasteiger partial charge < -0.3 is 15.4 Å². The second-order valence-corrected chi connectivity index (χ2v) is 5.73. The molecule has 4 heteroatoms. The molecule has 1 aromatic carbocycles. The molecule has 0 saturated heterocycles. The van der Waals surface area contributed by atoms with Gasteiger partial charge in [-0.2, -0.15) is 0 Å². The van der Waals surface area contributed by atoms with Crippen LogP contribution in [0.15, 0.2) is 24.3 Å². The molecule has 2 rings (SSSR count). The average molecular weight is 262 g/mol. The smallest absolute Gasteiger partial charge is 0.229 e. The lowest BCUT2D eigenvalue weighted by atomic mass is 9.93. The van der Waals surface area contributed by atoms with Gasteiger partial charge in [-0.15, -0.1) is 0 Å². The lowest BCUT2D eigenvalue weighted by molar-refractivity contribution is -0.140. The van der Waals surface area contributed by atoms with Crippen LogP contribution in [0.25, 0.3) is 0 Å². The van der Waals surface area contributed by atoms with Gasteiger partial charge in [0.2, 0.25) is 5.91 Å². The molecule has 0 spiro atoms. The molecule has 1 amide bonds. The number of ether oxygens (including phenoxy) is 1. The number of benzene rings is 1. The van der Waals surface area contributed by atoms with Crippen LogP contribution in [0.2, 0.25) is 0 Å². The first kappa shape index (κ1) is 13.9. The molecule has 0 fully saturated rings. The molecule has 4 nitrogen and oxygen atoms in total. The number of carbonyl (C=O) groups excluding carboxylic acids is 1. The maximum Gasteiger partial charge on any atom is 0.229 e. The van der Waals surface area contributed by atoms with Crippen molar-refractivity contribution in [2.75, 3.05) is 20.2 Å². The summed E-state index contributed by atoms with van der Waals surface area (Å²) in [5.41, 5.74) is 6.50. The Morgan fingerprint density at radius 3 is 2.84 bits per heavy atom. The number of carbonyl (C=O) groups is 1. The number of fused-ring (bicyclic) bond motifs is 1. The van der Waals surface area contributed by atoms with Crippen LogP contribution in [-0.4, -0.2) is 36.5 Å². The van der Waals surface area contributed by atoms with E-state index in [4.69, 9.17) is 10.5 Å². The first-order valence-electron chi connectivity index (χ1n) is 6.64. The van der Waals surface area contributed by atoms with Gasteiger partial charge in [0.15, 0.2) is 0 Å². The summed E-state index contributed by atoms with van der Waals surface area (Å²) in [4.78, 5) is 14.2. The van der Waals surface area contributed by atoms with Gasteiger partial charge in [-0.25, -0.2) is 0 Å². The van der Waals surface area contributed by atoms with Crippen LogP contribution < -0.4 is 10.5 Å². The van der Waals surface area contributed by atoms with Crippen molar-refractivity contribution in [3.8, 4) is 5.75 Å². The van der Waals surface area contributed by atoms with E-state index in [0.29, 0.717) is 13.2 Å². The number of para-hydroxylation sites is 1. The maximum atomic E-state index is 12.5. The molecule has 1 atom stereocenters. The molecule has 0 radical (unpaired) electrons. The monoisotopic (exact) mass is 262 g/mol. The van der Waals surface area contributed by atoms with Crippen LogP contribution >= 0.6 is 0 Å². The van der Waals surface area contributed by atoms with Gasteiger partial charge in [-0.3, -0.25) is 4.79 Å². The molecule has 1 aromatic rings. The number of hydrogen-bond donors (Lipinski definition) is 1. The second kappa shape index (κ2) is 5.21. The molecule has 1 heterocycles. The quantitative estimate of drug-likeness (QED) is 0.896. The molecule has 0 bridgehead atoms. The number of hydrogen-bond acceptors (Lipinski definition) is 3. The molecular formula is C15H22N2O2. The molecular weight excluding hydrogens is 240 g/mol. The highest BCUT2D eigenvalue weighted by molar-refractivity contribution is 5.80. The molecule has 2 N–H and O–H groups in total. The van der Waals surface area contributed by atoms with E-state index in [1.165, 1.54) is 0 Å². The van der Waals surface area contributed by atoms with Crippen LogP contribution in [0.1, 0.15) is 19.4 Å². The highest BCUT2D eigenvalue weighted by Gasteiger charge is 2.33. The fraction of sp³-hybridized carbons (Fsp3) is 0.533. The molecule has 19 heavy (non-hydrogen) atoms. The van der Waals surface area contributed by atoms with Gasteiger partial charge in [0, 0.05) is 19.1 Å². The number of nitrogens with two attached hydrogens (primary N) is 1. The van der Waals surface area contributed by atoms with Gasteiger partial charge in [-0.05, 0) is 31.9 Å². The Bertz CT molecular complexity index is 471. The van der Waals surface area contributed by atoms with Crippen molar-refractivity contribution in [1.82, 2.24) is 4.90 Å². The van der Waals surface area contributed by atoms with E-state index in [9.17, 15) is 4.79 Å². The van der Waals surface area contributed by atoms with Crippen molar-refractivity contribution >= 4 is 5.91 Å². The fourth-order valence-electron chi connectivity index (χ4n) is 2.20. The number of amides is 1. The summed E-state index contributed by atoms with van der Waals surface area (Å²) in [7, 11) is 1.82. The summed E-state index contributed by atoms with van der Waals surface area (Å²) in [6, 6.07) is 7.89. The summed E-state index contributed by atoms with van der Waals surface area (Å²) < 4.78 is 5.67. The Morgan fingerprint density at radius 1 is 1.47 bits per heavy atom. The van der Waals surface area contributed by atoms with E-state index in [0.717, 1.165) is 17.7 Å². The number of rotatable bonds is 3. The standard InChI is InChI=1S/C15H22N2O2/c1-15(2,10-16)17(3)14(18)12-8-11-6-4-5-7-13(11)19-9-12/h4-7,12H,8-10,16H2,1-3H3. The topological polar surface area (TPSA) is 55.6 Å². The maximum absolute atomic E-state index is 12.5. The van der Waals surface area contributed by atoms with Crippen LogP contribution in [-0.2, 0) is 11.2 Å². The summed E-state index contributed by atoms with van der Waals surface area (Å²) in [6.45, 7) is 4.84. The van der Waals surface area contributed by atoms with E-state index >= 15 is 0 Å². The van der Waals surface area contributed by atoms with E-state index in [2.05, 4.69) is 0 Å². The first-order chi connectivity index (χ1) is 8.95. The molecule has 1 aliphatic rings. The summed E-state index contributed by atoms with van der Waals surface area (Å²) in [5, 5.41) is 0. The van der Waals surface area contributed by atoms with Gasteiger partial charge in [0.05, 0.1) is 5.92 Å². The molecule has 0 aliphatic carbocycles. The minimum atomic E-state index is -0.325. The third-order valence-electron chi connectivity index (χ3n) is 3.97. The predicted octanol–water partition coefficient (Wildman–Crippen LogP) is 1.43. The normalized spacial score (nSPS) is 18.4. The Labute approximate surface area is 114 Å². The van der Waals surface area contributed by atoms with Crippen LogP contribution in [0.5, 0.6) is 5.75 Å². The van der Waals surface area contributed by atoms with Crippen molar-refractivity contribution in [3.05, 3.63) is 29.8 Å². The Kier molecular flexibility index (Phi) is 3.80. The van der Waals surface area contributed by atoms with Crippen molar-refractivity contribution in [2.45, 2.75) is 25.8 Å². The lowest BCUT2D eigenvalue weighted by Gasteiger charge is -2.37. The largest absolute Gasteiger partial charge is 0.492 e. The number of likely N-dealkylation sites (N-methyl/N-ethyl adjacent to an activating group) is 1. The molecule has 1 unspecified atom stereocenters. The molecule has 0 saturated carbocycles. The van der Waals surface area contributed by atoms with Crippen LogP contribution in [0, 0.1) is 5.92 Å². The first-order valence-corrected chi connectivity index (χ1v) is 6.64. The van der Waals surface area contributed by atoms with Crippen molar-refractivity contribution in [2.24, 2.45) is 11.7 Å². The number of nitrogens with zero attached hydrogens (tertiary/aromatic N) is 1. The van der Waals surface area contributed by atoms with Crippen molar-refractivity contribution in [3.63, 3.8) is 0 Å². The highest BCUT2D eigenvalue weighted by atomic mass is 16.5. The Hall–Kier alpha value is -1.55. The van der Waals surface area contributed by atoms with Crippen LogP contribution in [0.3, 0.4) is 0 Å². The van der Waals surface area contributed by atoms with Gasteiger partial charge in [0.1, 0.15) is 12.4 Å². The highest BCUT2D eigenvalue weighted by Crippen LogP contribution is 2.28. The van der Waals surface area contributed by atoms with E-state index < -0.39 is 0 Å². The SMILES string of the molecule is CN(C(=O)C1COc2ccccc2C1)C(C)(C)CN. The predicted molar refractivity (Wildman–Crippen MR) is 75.0 cm³/mol. The average Bonchev–Trinajstić information content (AvgIpc) is 2.45. The molecule has 104 valence electrons. The van der Waals surface area contributed by atoms with Crippen molar-refractivity contribution in [1.29, 1.82) is 0 Å². The zero-order valence-electron chi connectivity index (χ0n) is 11.8. The molecule has 0 aromatic heterocycles. The van der Waals surface area contributed by atoms with E-state index in [1.54, 1.807) is 4.90 Å². The van der Waals surface area contributed by atoms with E-state index in [1.807, 2.05) is 45.2 Å². The van der Waals surface area contributed by atoms with E-state index in [-0.39, 0.29) is 17.4 Å². The third kappa shape index (κ3) is 2.73. The van der Waals surface area contributed by atoms with Crippen LogP contribution in [0.4, 0.5) is 0 Å². The zero-order valence-corrected chi connectivity index (χ0v) is 11.8. The minimum Gasteiger partial charge on any atom is -0.492 e. The second-order valence-electron chi connectivity index (χ2n) is 5.73. The molecule has 1 aliphatic heterocycles. The van der Waals surface area contributed by atoms with Crippen molar-refractivity contribution < 1.29 is 9.53 Å².